The number of fused-ring (bicyclic) bond motifs is 16. The number of nitrogens with zero attached hydrogens (tertiary/aromatic N) is 6. The fourth-order valence-corrected chi connectivity index (χ4v) is 14.6. The predicted octanol–water partition coefficient (Wildman–Crippen LogP) is 20.8. The van der Waals surface area contributed by atoms with Gasteiger partial charge in [-0.25, -0.2) is 4.98 Å². The molecule has 0 fully saturated rings. The average molecular weight is 1090 g/mol. The van der Waals surface area contributed by atoms with E-state index in [1.54, 1.807) is 0 Å². The Morgan fingerprint density at radius 3 is 0.895 bits per heavy atom. The SMILES string of the molecule is c1cncc(-c2ccccc2-c2c(-n3c4ccccc4c4cc5ccccc5cc43)c(-n3c4ccccc4c4cc5ccccc5cc43)nc(-n3c4ccccc4c4cc5ccccc5cc43)c2-n2c3ccccc3c3cc4ccccc4cc32)c1. The summed E-state index contributed by atoms with van der Waals surface area (Å²) >= 11 is 0. The minimum absolute atomic E-state index is 0.787. The van der Waals surface area contributed by atoms with Gasteiger partial charge in [0.05, 0.1) is 44.1 Å². The van der Waals surface area contributed by atoms with Gasteiger partial charge in [-0.05, 0) is 133 Å². The van der Waals surface area contributed by atoms with E-state index in [0.29, 0.717) is 0 Å². The van der Waals surface area contributed by atoms with Crippen molar-refractivity contribution >= 4 is 130 Å². The topological polar surface area (TPSA) is 45.5 Å². The van der Waals surface area contributed by atoms with Crippen LogP contribution in [0.5, 0.6) is 0 Å². The first-order valence-electron chi connectivity index (χ1n) is 29.5. The highest BCUT2D eigenvalue weighted by Crippen LogP contribution is 2.51. The van der Waals surface area contributed by atoms with Crippen molar-refractivity contribution in [2.24, 2.45) is 0 Å². The molecule has 6 aromatic heterocycles. The van der Waals surface area contributed by atoms with Gasteiger partial charge in [0.1, 0.15) is 11.4 Å². The second-order valence-corrected chi connectivity index (χ2v) is 22.9. The lowest BCUT2D eigenvalue weighted by Gasteiger charge is -2.28. The van der Waals surface area contributed by atoms with Crippen LogP contribution >= 0.6 is 0 Å². The standard InChI is InChI=1S/C80H48N6/c1-5-24-53-44-72-64(40-49(53)20-1)59-30-11-15-35-68(59)83(72)77-76(63-34-10-9-29-58(63)57-28-19-39-81-48-57)78(84-69-36-16-12-31-60(69)65-41-50-21-2-6-25-54(50)45-73(65)84)80(86-71-38-18-14-33-62(71)67-43-52-23-4-8-27-56(52)47-75(67)86)82-79(77)85-70-37-17-13-32-61(70)66-42-51-22-3-7-26-55(51)46-74(66)85/h1-48H. The molecule has 13 aromatic carbocycles. The molecule has 0 N–H and O–H groups in total. The molecule has 86 heavy (non-hydrogen) atoms. The largest absolute Gasteiger partial charge is 0.305 e. The van der Waals surface area contributed by atoms with E-state index in [1.807, 2.05) is 12.4 Å². The third kappa shape index (κ3) is 6.66. The zero-order valence-electron chi connectivity index (χ0n) is 46.4. The molecule has 0 saturated heterocycles. The molecule has 0 aliphatic carbocycles. The van der Waals surface area contributed by atoms with Crippen molar-refractivity contribution in [2.75, 3.05) is 0 Å². The monoisotopic (exact) mass is 1090 g/mol. The summed E-state index contributed by atoms with van der Waals surface area (Å²) < 4.78 is 10.1. The van der Waals surface area contributed by atoms with Gasteiger partial charge in [-0.15, -0.1) is 0 Å². The number of para-hydroxylation sites is 4. The van der Waals surface area contributed by atoms with Gasteiger partial charge in [-0.2, -0.15) is 0 Å². The molecular weight excluding hydrogens is 1040 g/mol. The molecule has 0 radical (unpaired) electrons. The fraction of sp³-hybridized carbons (Fsp3) is 0. The van der Waals surface area contributed by atoms with E-state index in [1.165, 1.54) is 21.5 Å². The second-order valence-electron chi connectivity index (χ2n) is 22.9. The van der Waals surface area contributed by atoms with Gasteiger partial charge < -0.3 is 9.13 Å². The normalized spacial score (nSPS) is 12.2. The van der Waals surface area contributed by atoms with E-state index in [-0.39, 0.29) is 0 Å². The molecule has 19 aromatic rings. The summed E-state index contributed by atoms with van der Waals surface area (Å²) in [6.07, 6.45) is 3.88. The summed E-state index contributed by atoms with van der Waals surface area (Å²) in [6.45, 7) is 0. The van der Waals surface area contributed by atoms with Crippen molar-refractivity contribution < 1.29 is 0 Å². The minimum atomic E-state index is 0.787. The van der Waals surface area contributed by atoms with Crippen molar-refractivity contribution in [2.45, 2.75) is 0 Å². The van der Waals surface area contributed by atoms with Crippen LogP contribution in [0.1, 0.15) is 0 Å². The number of aromatic nitrogens is 6. The van der Waals surface area contributed by atoms with Crippen molar-refractivity contribution in [1.82, 2.24) is 28.2 Å². The maximum Gasteiger partial charge on any atom is 0.165 e. The Morgan fingerprint density at radius 2 is 0.535 bits per heavy atom. The third-order valence-electron chi connectivity index (χ3n) is 18.3. The lowest BCUT2D eigenvalue weighted by atomic mass is 9.92. The quantitative estimate of drug-likeness (QED) is 0.167. The smallest absolute Gasteiger partial charge is 0.165 e. The highest BCUT2D eigenvalue weighted by atomic mass is 15.2. The number of hydrogen-bond donors (Lipinski definition) is 0. The minimum Gasteiger partial charge on any atom is -0.305 e. The van der Waals surface area contributed by atoms with Gasteiger partial charge in [0, 0.05) is 66.6 Å². The molecule has 0 atom stereocenters. The molecule has 0 aliphatic rings. The molecule has 0 unspecified atom stereocenters. The summed E-state index contributed by atoms with van der Waals surface area (Å²) in [4.78, 5) is 11.5. The van der Waals surface area contributed by atoms with Crippen molar-refractivity contribution in [1.29, 1.82) is 0 Å². The summed E-state index contributed by atoms with van der Waals surface area (Å²) in [5, 5.41) is 18.6. The van der Waals surface area contributed by atoms with Crippen LogP contribution in [0.4, 0.5) is 0 Å². The highest BCUT2D eigenvalue weighted by Gasteiger charge is 2.34. The van der Waals surface area contributed by atoms with E-state index < -0.39 is 0 Å². The van der Waals surface area contributed by atoms with Crippen LogP contribution in [0, 0.1) is 0 Å². The molecular formula is C80H48N6. The number of rotatable bonds is 6. The molecule has 398 valence electrons. The number of hydrogen-bond acceptors (Lipinski definition) is 2. The highest BCUT2D eigenvalue weighted by molar-refractivity contribution is 6.20. The van der Waals surface area contributed by atoms with E-state index in [4.69, 9.17) is 9.97 Å². The molecule has 6 nitrogen and oxygen atoms in total. The maximum absolute atomic E-state index is 6.64. The van der Waals surface area contributed by atoms with E-state index in [2.05, 4.69) is 297 Å². The van der Waals surface area contributed by atoms with Crippen LogP contribution in [0.15, 0.2) is 291 Å². The van der Waals surface area contributed by atoms with Gasteiger partial charge in [0.15, 0.2) is 11.6 Å². The summed E-state index contributed by atoms with van der Waals surface area (Å²) in [7, 11) is 0. The average Bonchev–Trinajstić information content (AvgIpc) is 1.54. The Balaban J connectivity index is 1.15. The van der Waals surface area contributed by atoms with Gasteiger partial charge in [-0.3, -0.25) is 14.1 Å². The van der Waals surface area contributed by atoms with Crippen LogP contribution < -0.4 is 0 Å². The lowest BCUT2D eigenvalue weighted by Crippen LogP contribution is -2.16. The Hall–Kier alpha value is -11.6. The van der Waals surface area contributed by atoms with Crippen LogP contribution in [-0.4, -0.2) is 28.2 Å². The first-order valence-corrected chi connectivity index (χ1v) is 29.5. The molecule has 0 aliphatic heterocycles. The third-order valence-corrected chi connectivity index (χ3v) is 18.3. The molecule has 6 heteroatoms. The van der Waals surface area contributed by atoms with Crippen LogP contribution in [-0.2, 0) is 0 Å². The molecule has 0 saturated carbocycles. The van der Waals surface area contributed by atoms with E-state index >= 15 is 0 Å². The van der Waals surface area contributed by atoms with Crippen molar-refractivity contribution in [3.63, 3.8) is 0 Å². The second kappa shape index (κ2) is 18.0. The van der Waals surface area contributed by atoms with Crippen LogP contribution in [0.25, 0.3) is 176 Å². The zero-order chi connectivity index (χ0) is 56.1. The van der Waals surface area contributed by atoms with Gasteiger partial charge >= 0.3 is 0 Å². The summed E-state index contributed by atoms with van der Waals surface area (Å²) in [5.74, 6) is 1.57. The first kappa shape index (κ1) is 46.9. The summed E-state index contributed by atoms with van der Waals surface area (Å²) in [5.41, 5.74) is 14.5. The van der Waals surface area contributed by atoms with Gasteiger partial charge in [0.2, 0.25) is 0 Å². The maximum atomic E-state index is 6.64. The van der Waals surface area contributed by atoms with E-state index in [0.717, 1.165) is 154 Å². The lowest BCUT2D eigenvalue weighted by molar-refractivity contribution is 0.962. The Bertz CT molecular complexity index is 5760. The van der Waals surface area contributed by atoms with Crippen LogP contribution in [0.2, 0.25) is 0 Å². The van der Waals surface area contributed by atoms with Gasteiger partial charge in [-0.1, -0.05) is 200 Å². The number of pyridine rings is 2. The predicted molar refractivity (Wildman–Crippen MR) is 360 cm³/mol. The molecule has 0 amide bonds. The molecule has 6 heterocycles. The molecule has 0 bridgehead atoms. The fourth-order valence-electron chi connectivity index (χ4n) is 14.6. The van der Waals surface area contributed by atoms with Gasteiger partial charge in [0.25, 0.3) is 0 Å². The molecule has 19 rings (SSSR count). The Labute approximate surface area is 492 Å². The van der Waals surface area contributed by atoms with Crippen LogP contribution in [0.3, 0.4) is 0 Å². The summed E-state index contributed by atoms with van der Waals surface area (Å²) in [6, 6.07) is 103. The van der Waals surface area contributed by atoms with Crippen molar-refractivity contribution in [3.8, 4) is 45.3 Å². The molecule has 0 spiro atoms. The Morgan fingerprint density at radius 1 is 0.233 bits per heavy atom. The Kier molecular flexibility index (Phi) is 9.80. The zero-order valence-corrected chi connectivity index (χ0v) is 46.4. The first-order chi connectivity index (χ1) is 42.7. The van der Waals surface area contributed by atoms with E-state index in [9.17, 15) is 0 Å². The number of benzene rings is 13. The van der Waals surface area contributed by atoms with Crippen molar-refractivity contribution in [3.05, 3.63) is 291 Å².